The van der Waals surface area contributed by atoms with E-state index >= 15 is 0 Å². The predicted octanol–water partition coefficient (Wildman–Crippen LogP) is 5.35. The maximum absolute atomic E-state index is 11.7. The van der Waals surface area contributed by atoms with Gasteiger partial charge in [-0.1, -0.05) is 41.4 Å². The average Bonchev–Trinajstić information content (AvgIpc) is 3.12. The number of aromatic nitrogens is 1. The molecule has 0 aliphatic heterocycles. The van der Waals surface area contributed by atoms with Gasteiger partial charge in [-0.2, -0.15) is 5.10 Å². The number of halogens is 2. The van der Waals surface area contributed by atoms with Crippen molar-refractivity contribution < 1.29 is 9.53 Å². The summed E-state index contributed by atoms with van der Waals surface area (Å²) in [6.07, 6.45) is 1.54. The molecule has 0 radical (unpaired) electrons. The van der Waals surface area contributed by atoms with Gasteiger partial charge in [0.1, 0.15) is 0 Å². The number of nitrogens with zero attached hydrogens (tertiary/aromatic N) is 2. The van der Waals surface area contributed by atoms with Crippen LogP contribution >= 0.6 is 34.5 Å². The lowest BCUT2D eigenvalue weighted by Gasteiger charge is -2.03. The highest BCUT2D eigenvalue weighted by molar-refractivity contribution is 7.14. The molecule has 8 heteroatoms. The fourth-order valence-electron chi connectivity index (χ4n) is 2.21. The number of benzene rings is 2. The SMILES string of the molecule is COC(=O)c1ccccc1/C=N/Nc1nc(-c2cc(Cl)ccc2Cl)cs1. The van der Waals surface area contributed by atoms with Crippen molar-refractivity contribution in [2.75, 3.05) is 12.5 Å². The second-order valence-corrected chi connectivity index (χ2v) is 6.81. The van der Waals surface area contributed by atoms with E-state index in [2.05, 4.69) is 15.5 Å². The molecule has 26 heavy (non-hydrogen) atoms. The Labute approximate surface area is 164 Å². The number of esters is 1. The number of hydrogen-bond donors (Lipinski definition) is 1. The lowest BCUT2D eigenvalue weighted by atomic mass is 10.1. The maximum atomic E-state index is 11.7. The molecule has 0 atom stereocenters. The normalized spacial score (nSPS) is 10.9. The summed E-state index contributed by atoms with van der Waals surface area (Å²) in [4.78, 5) is 16.2. The van der Waals surface area contributed by atoms with E-state index in [1.54, 1.807) is 42.6 Å². The number of ether oxygens (including phenoxy) is 1. The van der Waals surface area contributed by atoms with Crippen molar-refractivity contribution in [2.24, 2.45) is 5.10 Å². The van der Waals surface area contributed by atoms with Gasteiger partial charge >= 0.3 is 5.97 Å². The first-order valence-corrected chi connectivity index (χ1v) is 9.09. The smallest absolute Gasteiger partial charge is 0.338 e. The summed E-state index contributed by atoms with van der Waals surface area (Å²) in [6, 6.07) is 12.2. The van der Waals surface area contributed by atoms with Crippen LogP contribution in [0.2, 0.25) is 10.0 Å². The Morgan fingerprint density at radius 3 is 2.88 bits per heavy atom. The van der Waals surface area contributed by atoms with Gasteiger partial charge in [0.05, 0.1) is 29.6 Å². The fourth-order valence-corrected chi connectivity index (χ4v) is 3.25. The van der Waals surface area contributed by atoms with Gasteiger partial charge in [-0.15, -0.1) is 11.3 Å². The predicted molar refractivity (Wildman–Crippen MR) is 107 cm³/mol. The third-order valence-corrected chi connectivity index (χ3v) is 4.75. The number of methoxy groups -OCH3 is 1. The van der Waals surface area contributed by atoms with Crippen molar-refractivity contribution in [3.05, 3.63) is 69.0 Å². The van der Waals surface area contributed by atoms with Crippen LogP contribution in [-0.2, 0) is 4.74 Å². The van der Waals surface area contributed by atoms with Gasteiger partial charge < -0.3 is 4.74 Å². The highest BCUT2D eigenvalue weighted by Crippen LogP contribution is 2.32. The number of nitrogens with one attached hydrogen (secondary N) is 1. The Balaban J connectivity index is 1.76. The Morgan fingerprint density at radius 2 is 2.08 bits per heavy atom. The standard InChI is InChI=1S/C18H13Cl2N3O2S/c1-25-17(24)13-5-3-2-4-11(13)9-21-23-18-22-16(10-26-18)14-8-12(19)6-7-15(14)20/h2-10H,1H3,(H,22,23)/b21-9+. The van der Waals surface area contributed by atoms with Crippen LogP contribution < -0.4 is 5.43 Å². The molecule has 1 N–H and O–H groups in total. The van der Waals surface area contributed by atoms with Gasteiger partial charge in [-0.3, -0.25) is 5.43 Å². The third-order valence-electron chi connectivity index (χ3n) is 3.44. The van der Waals surface area contributed by atoms with Crippen molar-refractivity contribution in [2.45, 2.75) is 0 Å². The van der Waals surface area contributed by atoms with Crippen LogP contribution in [0.15, 0.2) is 52.9 Å². The maximum Gasteiger partial charge on any atom is 0.338 e. The fraction of sp³-hybridized carbons (Fsp3) is 0.0556. The molecule has 0 unspecified atom stereocenters. The molecule has 5 nitrogen and oxygen atoms in total. The van der Waals surface area contributed by atoms with Gasteiger partial charge in [0, 0.05) is 21.5 Å². The van der Waals surface area contributed by atoms with Gasteiger partial charge in [0.2, 0.25) is 5.13 Å². The summed E-state index contributed by atoms with van der Waals surface area (Å²) in [5, 5.41) is 7.75. The average molecular weight is 406 g/mol. The summed E-state index contributed by atoms with van der Waals surface area (Å²) in [5.74, 6) is -0.417. The molecule has 0 saturated heterocycles. The molecule has 0 spiro atoms. The number of hydrazone groups is 1. The van der Waals surface area contributed by atoms with E-state index in [-0.39, 0.29) is 0 Å². The van der Waals surface area contributed by atoms with E-state index in [0.717, 1.165) is 5.56 Å². The summed E-state index contributed by atoms with van der Waals surface area (Å²) in [6.45, 7) is 0. The molecule has 0 fully saturated rings. The minimum Gasteiger partial charge on any atom is -0.465 e. The number of carbonyl (C=O) groups excluding carboxylic acids is 1. The second kappa shape index (κ2) is 8.31. The van der Waals surface area contributed by atoms with Crippen molar-refractivity contribution in [3.8, 4) is 11.3 Å². The van der Waals surface area contributed by atoms with Crippen LogP contribution in [0.1, 0.15) is 15.9 Å². The van der Waals surface area contributed by atoms with Crippen LogP contribution in [0, 0.1) is 0 Å². The van der Waals surface area contributed by atoms with Gasteiger partial charge in [0.25, 0.3) is 0 Å². The molecule has 1 heterocycles. The summed E-state index contributed by atoms with van der Waals surface area (Å²) in [5.41, 5.74) is 5.38. The quantitative estimate of drug-likeness (QED) is 0.353. The highest BCUT2D eigenvalue weighted by atomic mass is 35.5. The van der Waals surface area contributed by atoms with Gasteiger partial charge in [0.15, 0.2) is 0 Å². The Bertz CT molecular complexity index is 973. The van der Waals surface area contributed by atoms with Gasteiger partial charge in [-0.05, 0) is 24.3 Å². The molecule has 2 aromatic carbocycles. The summed E-state index contributed by atoms with van der Waals surface area (Å²) in [7, 11) is 1.34. The molecule has 1 aromatic heterocycles. The van der Waals surface area contributed by atoms with Crippen LogP contribution in [-0.4, -0.2) is 24.3 Å². The van der Waals surface area contributed by atoms with Crippen molar-refractivity contribution in [1.29, 1.82) is 0 Å². The molecule has 3 rings (SSSR count). The van der Waals surface area contributed by atoms with E-state index in [0.29, 0.717) is 32.0 Å². The molecule has 0 aliphatic carbocycles. The summed E-state index contributed by atoms with van der Waals surface area (Å²) >= 11 is 13.6. The Morgan fingerprint density at radius 1 is 1.27 bits per heavy atom. The van der Waals surface area contributed by atoms with Crippen LogP contribution in [0.25, 0.3) is 11.3 Å². The number of anilines is 1. The molecular formula is C18H13Cl2N3O2S. The minimum absolute atomic E-state index is 0.417. The highest BCUT2D eigenvalue weighted by Gasteiger charge is 2.10. The molecule has 0 aliphatic rings. The monoisotopic (exact) mass is 405 g/mol. The molecule has 0 saturated carbocycles. The molecule has 3 aromatic rings. The largest absolute Gasteiger partial charge is 0.465 e. The van der Waals surface area contributed by atoms with E-state index in [1.807, 2.05) is 11.4 Å². The third kappa shape index (κ3) is 4.22. The topological polar surface area (TPSA) is 63.6 Å². The van der Waals surface area contributed by atoms with Crippen LogP contribution in [0.3, 0.4) is 0 Å². The molecule has 132 valence electrons. The van der Waals surface area contributed by atoms with Crippen LogP contribution in [0.4, 0.5) is 5.13 Å². The van der Waals surface area contributed by atoms with E-state index in [4.69, 9.17) is 27.9 Å². The van der Waals surface area contributed by atoms with E-state index < -0.39 is 5.97 Å². The first kappa shape index (κ1) is 18.4. The molecule has 0 bridgehead atoms. The first-order chi connectivity index (χ1) is 12.6. The number of thiazole rings is 1. The van der Waals surface area contributed by atoms with Gasteiger partial charge in [-0.25, -0.2) is 9.78 Å². The lowest BCUT2D eigenvalue weighted by molar-refractivity contribution is 0.0600. The zero-order valence-electron chi connectivity index (χ0n) is 13.6. The van der Waals surface area contributed by atoms with Crippen molar-refractivity contribution in [3.63, 3.8) is 0 Å². The van der Waals surface area contributed by atoms with Crippen LogP contribution in [0.5, 0.6) is 0 Å². The number of carbonyl (C=O) groups is 1. The van der Waals surface area contributed by atoms with E-state index in [1.165, 1.54) is 18.4 Å². The Kier molecular flexibility index (Phi) is 5.88. The lowest BCUT2D eigenvalue weighted by Crippen LogP contribution is -2.05. The number of rotatable bonds is 5. The van der Waals surface area contributed by atoms with Crippen molar-refractivity contribution >= 4 is 51.9 Å². The zero-order chi connectivity index (χ0) is 18.5. The molecular weight excluding hydrogens is 393 g/mol. The summed E-state index contributed by atoms with van der Waals surface area (Å²) < 4.78 is 4.76. The molecule has 0 amide bonds. The second-order valence-electron chi connectivity index (χ2n) is 5.11. The zero-order valence-corrected chi connectivity index (χ0v) is 15.9. The van der Waals surface area contributed by atoms with E-state index in [9.17, 15) is 4.79 Å². The first-order valence-electron chi connectivity index (χ1n) is 7.46. The number of hydrogen-bond acceptors (Lipinski definition) is 6. The minimum atomic E-state index is -0.417. The Hall–Kier alpha value is -2.41. The van der Waals surface area contributed by atoms with Crippen molar-refractivity contribution in [1.82, 2.24) is 4.98 Å².